The number of Topliss-reactive ketones (excluding diaryl/α,β-unsaturated/α-hetero) is 1. The average molecular weight is 247 g/mol. The standard InChI is InChI=1S/C12H7F2N3O/c13-8-1-2-10(14)9(5-8)11(18)7-17-4-3-16-12(17)6-15/h1-5H,7H2. The van der Waals surface area contributed by atoms with E-state index in [1.54, 1.807) is 6.07 Å². The van der Waals surface area contributed by atoms with Crippen LogP contribution in [-0.4, -0.2) is 15.3 Å². The third-order valence-corrected chi connectivity index (χ3v) is 2.36. The van der Waals surface area contributed by atoms with Gasteiger partial charge >= 0.3 is 0 Å². The van der Waals surface area contributed by atoms with Gasteiger partial charge in [0.25, 0.3) is 0 Å². The van der Waals surface area contributed by atoms with Crippen LogP contribution in [0.1, 0.15) is 16.2 Å². The molecule has 0 aliphatic carbocycles. The van der Waals surface area contributed by atoms with Crippen LogP contribution in [0.15, 0.2) is 30.6 Å². The third-order valence-electron chi connectivity index (χ3n) is 2.36. The first-order chi connectivity index (χ1) is 8.61. The molecule has 0 N–H and O–H groups in total. The second kappa shape index (κ2) is 4.75. The largest absolute Gasteiger partial charge is 0.315 e. The van der Waals surface area contributed by atoms with E-state index in [0.717, 1.165) is 18.2 Å². The van der Waals surface area contributed by atoms with Crippen LogP contribution in [0.25, 0.3) is 0 Å². The number of nitriles is 1. The van der Waals surface area contributed by atoms with Crippen LogP contribution >= 0.6 is 0 Å². The minimum atomic E-state index is -0.792. The molecule has 0 radical (unpaired) electrons. The lowest BCUT2D eigenvalue weighted by Crippen LogP contribution is -2.13. The summed E-state index contributed by atoms with van der Waals surface area (Å²) in [4.78, 5) is 15.5. The van der Waals surface area contributed by atoms with Gasteiger partial charge in [-0.2, -0.15) is 5.26 Å². The smallest absolute Gasteiger partial charge is 0.213 e. The minimum Gasteiger partial charge on any atom is -0.315 e. The molecule has 6 heteroatoms. The molecule has 90 valence electrons. The lowest BCUT2D eigenvalue weighted by atomic mass is 10.1. The molecule has 0 fully saturated rings. The molecule has 0 saturated carbocycles. The summed E-state index contributed by atoms with van der Waals surface area (Å²) in [5.41, 5.74) is -0.340. The van der Waals surface area contributed by atoms with Gasteiger partial charge in [0.1, 0.15) is 17.7 Å². The summed E-state index contributed by atoms with van der Waals surface area (Å²) >= 11 is 0. The van der Waals surface area contributed by atoms with Gasteiger partial charge in [-0.05, 0) is 18.2 Å². The second-order valence-electron chi connectivity index (χ2n) is 3.54. The maximum absolute atomic E-state index is 13.4. The van der Waals surface area contributed by atoms with E-state index in [4.69, 9.17) is 5.26 Å². The molecule has 1 heterocycles. The summed E-state index contributed by atoms with van der Waals surface area (Å²) in [5, 5.41) is 8.71. The number of imidazole rings is 1. The van der Waals surface area contributed by atoms with Crippen molar-refractivity contribution < 1.29 is 13.6 Å². The topological polar surface area (TPSA) is 58.7 Å². The van der Waals surface area contributed by atoms with Crippen molar-refractivity contribution in [1.29, 1.82) is 5.26 Å². The van der Waals surface area contributed by atoms with E-state index in [1.165, 1.54) is 17.0 Å². The highest BCUT2D eigenvalue weighted by atomic mass is 19.1. The zero-order valence-corrected chi connectivity index (χ0v) is 9.10. The fraction of sp³-hybridized carbons (Fsp3) is 0.0833. The lowest BCUT2D eigenvalue weighted by molar-refractivity contribution is 0.0967. The molecule has 0 atom stereocenters. The van der Waals surface area contributed by atoms with E-state index in [9.17, 15) is 13.6 Å². The van der Waals surface area contributed by atoms with E-state index in [0.29, 0.717) is 0 Å². The van der Waals surface area contributed by atoms with E-state index >= 15 is 0 Å². The number of carbonyl (C=O) groups excluding carboxylic acids is 1. The average Bonchev–Trinajstić information content (AvgIpc) is 2.79. The van der Waals surface area contributed by atoms with Gasteiger partial charge in [-0.15, -0.1) is 0 Å². The van der Waals surface area contributed by atoms with Gasteiger partial charge in [-0.3, -0.25) is 4.79 Å². The quantitative estimate of drug-likeness (QED) is 0.778. The van der Waals surface area contributed by atoms with Crippen molar-refractivity contribution in [3.63, 3.8) is 0 Å². The normalized spacial score (nSPS) is 10.1. The van der Waals surface area contributed by atoms with Gasteiger partial charge in [0.15, 0.2) is 5.78 Å². The van der Waals surface area contributed by atoms with Crippen molar-refractivity contribution in [3.05, 3.63) is 53.6 Å². The molecule has 0 bridgehead atoms. The third kappa shape index (κ3) is 2.25. The Balaban J connectivity index is 2.28. The van der Waals surface area contributed by atoms with Crippen LogP contribution in [0.5, 0.6) is 0 Å². The van der Waals surface area contributed by atoms with E-state index in [2.05, 4.69) is 4.98 Å². The van der Waals surface area contributed by atoms with E-state index in [1.807, 2.05) is 0 Å². The molecule has 0 unspecified atom stereocenters. The fourth-order valence-electron chi connectivity index (χ4n) is 1.50. The predicted molar refractivity (Wildman–Crippen MR) is 57.6 cm³/mol. The molecule has 0 aliphatic rings. The van der Waals surface area contributed by atoms with E-state index < -0.39 is 17.4 Å². The van der Waals surface area contributed by atoms with Crippen LogP contribution in [0, 0.1) is 23.0 Å². The molecule has 4 nitrogen and oxygen atoms in total. The Morgan fingerprint density at radius 3 is 2.94 bits per heavy atom. The molecule has 18 heavy (non-hydrogen) atoms. The van der Waals surface area contributed by atoms with Gasteiger partial charge < -0.3 is 4.57 Å². The van der Waals surface area contributed by atoms with Crippen LogP contribution < -0.4 is 0 Å². The molecular formula is C12H7F2N3O. The summed E-state index contributed by atoms with van der Waals surface area (Å²) in [6.07, 6.45) is 2.78. The molecule has 2 rings (SSSR count). The van der Waals surface area contributed by atoms with Gasteiger partial charge in [-0.25, -0.2) is 13.8 Å². The lowest BCUT2D eigenvalue weighted by Gasteiger charge is -2.04. The Morgan fingerprint density at radius 2 is 2.22 bits per heavy atom. The molecule has 1 aromatic heterocycles. The number of carbonyl (C=O) groups is 1. The number of aromatic nitrogens is 2. The van der Waals surface area contributed by atoms with Crippen molar-refractivity contribution in [1.82, 2.24) is 9.55 Å². The SMILES string of the molecule is N#Cc1nccn1CC(=O)c1cc(F)ccc1F. The monoisotopic (exact) mass is 247 g/mol. The number of benzene rings is 1. The zero-order chi connectivity index (χ0) is 13.1. The Hall–Kier alpha value is -2.55. The molecule has 0 spiro atoms. The molecule has 2 aromatic rings. The number of ketones is 1. The van der Waals surface area contributed by atoms with Crippen LogP contribution in [0.3, 0.4) is 0 Å². The first-order valence-electron chi connectivity index (χ1n) is 5.01. The summed E-state index contributed by atoms with van der Waals surface area (Å²) in [7, 11) is 0. The summed E-state index contributed by atoms with van der Waals surface area (Å²) in [5.74, 6) is -2.06. The fourth-order valence-corrected chi connectivity index (χ4v) is 1.50. The summed E-state index contributed by atoms with van der Waals surface area (Å²) in [6, 6.07) is 4.45. The molecule has 0 aliphatic heterocycles. The zero-order valence-electron chi connectivity index (χ0n) is 9.10. The highest BCUT2D eigenvalue weighted by molar-refractivity contribution is 5.96. The summed E-state index contributed by atoms with van der Waals surface area (Å²) < 4.78 is 27.6. The first-order valence-corrected chi connectivity index (χ1v) is 5.01. The first kappa shape index (κ1) is 11.9. The van der Waals surface area contributed by atoms with Gasteiger partial charge in [0.2, 0.25) is 5.82 Å². The minimum absolute atomic E-state index is 0.0418. The number of halogens is 2. The van der Waals surface area contributed by atoms with Crippen molar-refractivity contribution in [2.45, 2.75) is 6.54 Å². The summed E-state index contributed by atoms with van der Waals surface area (Å²) in [6.45, 7) is -0.261. The van der Waals surface area contributed by atoms with E-state index in [-0.39, 0.29) is 17.9 Å². The Labute approximate surface area is 101 Å². The number of nitrogens with zero attached hydrogens (tertiary/aromatic N) is 3. The van der Waals surface area contributed by atoms with Crippen molar-refractivity contribution >= 4 is 5.78 Å². The maximum Gasteiger partial charge on any atom is 0.213 e. The van der Waals surface area contributed by atoms with Crippen molar-refractivity contribution in [2.75, 3.05) is 0 Å². The number of rotatable bonds is 3. The Morgan fingerprint density at radius 1 is 1.44 bits per heavy atom. The van der Waals surface area contributed by atoms with Gasteiger partial charge in [0.05, 0.1) is 12.1 Å². The molecule has 0 saturated heterocycles. The highest BCUT2D eigenvalue weighted by Crippen LogP contribution is 2.11. The van der Waals surface area contributed by atoms with Crippen LogP contribution in [-0.2, 0) is 6.54 Å². The Bertz CT molecular complexity index is 643. The van der Waals surface area contributed by atoms with Gasteiger partial charge in [0, 0.05) is 12.4 Å². The van der Waals surface area contributed by atoms with Crippen LogP contribution in [0.4, 0.5) is 8.78 Å². The second-order valence-corrected chi connectivity index (χ2v) is 3.54. The van der Waals surface area contributed by atoms with Crippen molar-refractivity contribution in [3.8, 4) is 6.07 Å². The van der Waals surface area contributed by atoms with Gasteiger partial charge in [-0.1, -0.05) is 0 Å². The van der Waals surface area contributed by atoms with Crippen molar-refractivity contribution in [2.24, 2.45) is 0 Å². The molecule has 0 amide bonds. The Kier molecular flexibility index (Phi) is 3.15. The van der Waals surface area contributed by atoms with Crippen LogP contribution in [0.2, 0.25) is 0 Å². The number of hydrogen-bond acceptors (Lipinski definition) is 3. The predicted octanol–water partition coefficient (Wildman–Crippen LogP) is 1.92. The molecule has 1 aromatic carbocycles. The number of hydrogen-bond donors (Lipinski definition) is 0. The highest BCUT2D eigenvalue weighted by Gasteiger charge is 2.14. The molecular weight excluding hydrogens is 240 g/mol. The maximum atomic E-state index is 13.4.